The van der Waals surface area contributed by atoms with Crippen molar-refractivity contribution in [1.82, 2.24) is 4.98 Å². The van der Waals surface area contributed by atoms with Crippen molar-refractivity contribution in [3.63, 3.8) is 0 Å². The first-order valence-electron chi connectivity index (χ1n) is 5.52. The fourth-order valence-electron chi connectivity index (χ4n) is 1.67. The predicted molar refractivity (Wildman–Crippen MR) is 63.9 cm³/mol. The van der Waals surface area contributed by atoms with Gasteiger partial charge in [-0.05, 0) is 30.7 Å². The average molecular weight is 265 g/mol. The first-order chi connectivity index (χ1) is 8.89. The molecule has 19 heavy (non-hydrogen) atoms. The molecule has 2 nitrogen and oxygen atoms in total. The minimum absolute atomic E-state index is 0.212. The zero-order valence-corrected chi connectivity index (χ0v) is 10.0. The number of carbonyl (C=O) groups excluding carboxylic acids is 1. The highest BCUT2D eigenvalue weighted by Crippen LogP contribution is 2.29. The topological polar surface area (TPSA) is 30.0 Å². The molecule has 2 rings (SSSR count). The van der Waals surface area contributed by atoms with E-state index in [0.29, 0.717) is 5.56 Å². The lowest BCUT2D eigenvalue weighted by Crippen LogP contribution is -2.07. The van der Waals surface area contributed by atoms with Crippen LogP contribution in [0.1, 0.15) is 27.0 Å². The smallest absolute Gasteiger partial charge is 0.289 e. The second-order valence-corrected chi connectivity index (χ2v) is 4.09. The Hall–Kier alpha value is -2.17. The van der Waals surface area contributed by atoms with Crippen molar-refractivity contribution in [2.45, 2.75) is 13.1 Å². The maximum Gasteiger partial charge on any atom is 0.416 e. The highest BCUT2D eigenvalue weighted by Gasteiger charge is 2.30. The summed E-state index contributed by atoms with van der Waals surface area (Å²) in [6.07, 6.45) is -1.43. The van der Waals surface area contributed by atoms with E-state index in [4.69, 9.17) is 0 Å². The van der Waals surface area contributed by atoms with E-state index in [-0.39, 0.29) is 11.3 Å². The first-order valence-corrected chi connectivity index (χ1v) is 5.52. The number of alkyl halides is 3. The van der Waals surface area contributed by atoms with Crippen LogP contribution < -0.4 is 0 Å². The molecule has 0 saturated heterocycles. The van der Waals surface area contributed by atoms with Crippen molar-refractivity contribution >= 4 is 5.78 Å². The van der Waals surface area contributed by atoms with E-state index in [1.807, 2.05) is 0 Å². The van der Waals surface area contributed by atoms with E-state index >= 15 is 0 Å². The van der Waals surface area contributed by atoms with Gasteiger partial charge in [-0.25, -0.2) is 0 Å². The molecule has 1 aromatic heterocycles. The second-order valence-electron chi connectivity index (χ2n) is 4.09. The quantitative estimate of drug-likeness (QED) is 0.776. The first kappa shape index (κ1) is 13.3. The molecule has 0 fully saturated rings. The summed E-state index contributed by atoms with van der Waals surface area (Å²) < 4.78 is 37.2. The molecular formula is C14H10F3NO. The minimum atomic E-state index is -4.40. The van der Waals surface area contributed by atoms with Gasteiger partial charge in [-0.15, -0.1) is 0 Å². The summed E-state index contributed by atoms with van der Waals surface area (Å²) in [7, 11) is 0. The molecule has 0 radical (unpaired) electrons. The summed E-state index contributed by atoms with van der Waals surface area (Å²) in [6.45, 7) is 1.75. The number of pyridine rings is 1. The van der Waals surface area contributed by atoms with E-state index in [9.17, 15) is 18.0 Å². The molecule has 0 bridgehead atoms. The van der Waals surface area contributed by atoms with Gasteiger partial charge >= 0.3 is 6.18 Å². The largest absolute Gasteiger partial charge is 0.416 e. The Morgan fingerprint density at radius 1 is 1.11 bits per heavy atom. The Morgan fingerprint density at radius 3 is 2.26 bits per heavy atom. The van der Waals surface area contributed by atoms with Gasteiger partial charge < -0.3 is 0 Å². The molecular weight excluding hydrogens is 255 g/mol. The van der Waals surface area contributed by atoms with Crippen molar-refractivity contribution in [3.8, 4) is 0 Å². The normalized spacial score (nSPS) is 11.4. The molecule has 0 aliphatic heterocycles. The van der Waals surface area contributed by atoms with Crippen molar-refractivity contribution in [2.24, 2.45) is 0 Å². The average Bonchev–Trinajstić information content (AvgIpc) is 2.38. The summed E-state index contributed by atoms with van der Waals surface area (Å²) in [5, 5.41) is 0. The number of benzene rings is 1. The van der Waals surface area contributed by atoms with Crippen LogP contribution in [-0.2, 0) is 6.18 Å². The Balaban J connectivity index is 2.34. The molecule has 0 aliphatic rings. The van der Waals surface area contributed by atoms with Gasteiger partial charge in [0, 0.05) is 23.5 Å². The summed E-state index contributed by atoms with van der Waals surface area (Å²) in [4.78, 5) is 16.0. The Kier molecular flexibility index (Phi) is 3.38. The third kappa shape index (κ3) is 2.81. The number of rotatable bonds is 2. The van der Waals surface area contributed by atoms with Crippen LogP contribution in [0.25, 0.3) is 0 Å². The number of ketones is 1. The van der Waals surface area contributed by atoms with E-state index < -0.39 is 11.7 Å². The van der Waals surface area contributed by atoms with Crippen LogP contribution in [0.4, 0.5) is 13.2 Å². The van der Waals surface area contributed by atoms with Crippen LogP contribution in [0.5, 0.6) is 0 Å². The van der Waals surface area contributed by atoms with Gasteiger partial charge in [-0.3, -0.25) is 9.78 Å². The van der Waals surface area contributed by atoms with Gasteiger partial charge in [0.05, 0.1) is 5.56 Å². The van der Waals surface area contributed by atoms with Gasteiger partial charge in [0.25, 0.3) is 0 Å². The maximum absolute atomic E-state index is 12.4. The van der Waals surface area contributed by atoms with E-state index in [1.54, 1.807) is 19.2 Å². The SMILES string of the molecule is Cc1ccncc1C(=O)c1ccc(C(F)(F)F)cc1. The highest BCUT2D eigenvalue weighted by atomic mass is 19.4. The molecule has 0 amide bonds. The maximum atomic E-state index is 12.4. The fourth-order valence-corrected chi connectivity index (χ4v) is 1.67. The number of aryl methyl sites for hydroxylation is 1. The van der Waals surface area contributed by atoms with Crippen LogP contribution in [-0.4, -0.2) is 10.8 Å². The summed E-state index contributed by atoms with van der Waals surface area (Å²) in [5.74, 6) is -0.334. The summed E-state index contributed by atoms with van der Waals surface area (Å²) in [5.41, 5.74) is 0.568. The van der Waals surface area contributed by atoms with Gasteiger partial charge in [0.15, 0.2) is 5.78 Å². The van der Waals surface area contributed by atoms with Gasteiger partial charge in [0.2, 0.25) is 0 Å². The molecule has 0 saturated carbocycles. The van der Waals surface area contributed by atoms with Crippen molar-refractivity contribution in [1.29, 1.82) is 0 Å². The predicted octanol–water partition coefficient (Wildman–Crippen LogP) is 3.64. The Bertz CT molecular complexity index is 603. The Labute approximate surface area is 107 Å². The van der Waals surface area contributed by atoms with E-state index in [0.717, 1.165) is 17.7 Å². The van der Waals surface area contributed by atoms with E-state index in [1.165, 1.54) is 18.3 Å². The van der Waals surface area contributed by atoms with Crippen molar-refractivity contribution in [2.75, 3.05) is 0 Å². The number of carbonyl (C=O) groups is 1. The number of nitrogens with zero attached hydrogens (tertiary/aromatic N) is 1. The van der Waals surface area contributed by atoms with Crippen LogP contribution in [0, 0.1) is 6.92 Å². The summed E-state index contributed by atoms with van der Waals surface area (Å²) >= 11 is 0. The number of hydrogen-bond acceptors (Lipinski definition) is 2. The second kappa shape index (κ2) is 4.84. The summed E-state index contributed by atoms with van der Waals surface area (Å²) in [6, 6.07) is 5.84. The van der Waals surface area contributed by atoms with Crippen LogP contribution in [0.15, 0.2) is 42.7 Å². The van der Waals surface area contributed by atoms with E-state index in [2.05, 4.69) is 4.98 Å². The lowest BCUT2D eigenvalue weighted by Gasteiger charge is -2.08. The fraction of sp³-hybridized carbons (Fsp3) is 0.143. The third-order valence-corrected chi connectivity index (χ3v) is 2.76. The van der Waals surface area contributed by atoms with Crippen LogP contribution in [0.3, 0.4) is 0 Å². The molecule has 1 aromatic carbocycles. The van der Waals surface area contributed by atoms with Crippen LogP contribution in [0.2, 0.25) is 0 Å². The molecule has 2 aromatic rings. The zero-order chi connectivity index (χ0) is 14.0. The van der Waals surface area contributed by atoms with Crippen LogP contribution >= 0.6 is 0 Å². The van der Waals surface area contributed by atoms with Crippen molar-refractivity contribution in [3.05, 3.63) is 65.0 Å². The molecule has 98 valence electrons. The molecule has 1 heterocycles. The number of halogens is 3. The number of aromatic nitrogens is 1. The van der Waals surface area contributed by atoms with Gasteiger partial charge in [-0.2, -0.15) is 13.2 Å². The lowest BCUT2D eigenvalue weighted by molar-refractivity contribution is -0.137. The highest BCUT2D eigenvalue weighted by molar-refractivity contribution is 6.09. The zero-order valence-electron chi connectivity index (χ0n) is 10.0. The standard InChI is InChI=1S/C14H10F3NO/c1-9-6-7-18-8-12(9)13(19)10-2-4-11(5-3-10)14(15,16)17/h2-8H,1H3. The molecule has 0 N–H and O–H groups in total. The van der Waals surface area contributed by atoms with Crippen molar-refractivity contribution < 1.29 is 18.0 Å². The molecule has 0 atom stereocenters. The Morgan fingerprint density at radius 2 is 1.74 bits per heavy atom. The molecule has 0 aliphatic carbocycles. The van der Waals surface area contributed by atoms with Gasteiger partial charge in [-0.1, -0.05) is 12.1 Å². The lowest BCUT2D eigenvalue weighted by atomic mass is 10.0. The third-order valence-electron chi connectivity index (χ3n) is 2.76. The molecule has 0 spiro atoms. The minimum Gasteiger partial charge on any atom is -0.289 e. The molecule has 0 unspecified atom stereocenters. The monoisotopic (exact) mass is 265 g/mol. The van der Waals surface area contributed by atoms with Gasteiger partial charge in [0.1, 0.15) is 0 Å². The number of hydrogen-bond donors (Lipinski definition) is 0. The molecule has 5 heteroatoms.